The van der Waals surface area contributed by atoms with Crippen molar-refractivity contribution in [3.63, 3.8) is 0 Å². The number of urea groups is 1. The highest BCUT2D eigenvalue weighted by Gasteiger charge is 2.32. The fourth-order valence-corrected chi connectivity index (χ4v) is 4.69. The van der Waals surface area contributed by atoms with Crippen LogP contribution in [0.15, 0.2) is 78.9 Å². The molecule has 0 aromatic heterocycles. The zero-order valence-electron chi connectivity index (χ0n) is 16.4. The molecule has 0 spiro atoms. The van der Waals surface area contributed by atoms with Crippen LogP contribution in [0.3, 0.4) is 0 Å². The van der Waals surface area contributed by atoms with Crippen molar-refractivity contribution in [3.05, 3.63) is 95.6 Å². The van der Waals surface area contributed by atoms with E-state index in [4.69, 9.17) is 4.74 Å². The van der Waals surface area contributed by atoms with Crippen LogP contribution in [0.25, 0.3) is 0 Å². The van der Waals surface area contributed by atoms with Gasteiger partial charge in [-0.1, -0.05) is 60.7 Å². The zero-order chi connectivity index (χ0) is 20.1. The van der Waals surface area contributed by atoms with Crippen LogP contribution in [0.2, 0.25) is 0 Å². The van der Waals surface area contributed by atoms with E-state index in [2.05, 4.69) is 23.5 Å². The van der Waals surface area contributed by atoms with Crippen LogP contribution < -0.4 is 10.1 Å². The number of hydrogen-bond acceptors (Lipinski definition) is 3. The minimum absolute atomic E-state index is 0.0632. The number of carbonyl (C=O) groups excluding carboxylic acids is 1. The summed E-state index contributed by atoms with van der Waals surface area (Å²) in [6.07, 6.45) is 0. The first-order valence-electron chi connectivity index (χ1n) is 9.72. The van der Waals surface area contributed by atoms with Gasteiger partial charge in [-0.25, -0.2) is 4.79 Å². The molecule has 1 aliphatic heterocycles. The topological polar surface area (TPSA) is 41.6 Å². The predicted molar refractivity (Wildman–Crippen MR) is 119 cm³/mol. The van der Waals surface area contributed by atoms with Crippen molar-refractivity contribution in [3.8, 4) is 5.75 Å². The van der Waals surface area contributed by atoms with Crippen LogP contribution in [-0.4, -0.2) is 23.2 Å². The van der Waals surface area contributed by atoms with E-state index in [1.807, 2.05) is 72.5 Å². The van der Waals surface area contributed by atoms with Gasteiger partial charge < -0.3 is 15.0 Å². The number of rotatable bonds is 5. The largest absolute Gasteiger partial charge is 0.489 e. The number of para-hydroxylation sites is 1. The van der Waals surface area contributed by atoms with Crippen LogP contribution in [-0.2, 0) is 6.61 Å². The van der Waals surface area contributed by atoms with E-state index >= 15 is 0 Å². The summed E-state index contributed by atoms with van der Waals surface area (Å²) in [7, 11) is 0. The molecular weight excluding hydrogens is 380 g/mol. The van der Waals surface area contributed by atoms with Gasteiger partial charge in [-0.05, 0) is 36.2 Å². The lowest BCUT2D eigenvalue weighted by Gasteiger charge is -2.26. The molecule has 4 rings (SSSR count). The van der Waals surface area contributed by atoms with E-state index in [1.165, 1.54) is 0 Å². The Morgan fingerprint density at radius 3 is 2.69 bits per heavy atom. The van der Waals surface area contributed by atoms with E-state index in [0.29, 0.717) is 13.2 Å². The summed E-state index contributed by atoms with van der Waals surface area (Å²) >= 11 is 1.77. The van der Waals surface area contributed by atoms with Gasteiger partial charge in [0, 0.05) is 23.5 Å². The second-order valence-corrected chi connectivity index (χ2v) is 8.22. The molecule has 1 saturated heterocycles. The lowest BCUT2D eigenvalue weighted by atomic mass is 10.1. The van der Waals surface area contributed by atoms with E-state index in [1.54, 1.807) is 11.8 Å². The summed E-state index contributed by atoms with van der Waals surface area (Å²) in [6, 6.07) is 25.9. The van der Waals surface area contributed by atoms with Crippen LogP contribution in [0.1, 0.15) is 22.1 Å². The Morgan fingerprint density at radius 2 is 1.86 bits per heavy atom. The Bertz CT molecular complexity index is 977. The average Bonchev–Trinajstić information content (AvgIpc) is 3.23. The van der Waals surface area contributed by atoms with Gasteiger partial charge in [0.05, 0.1) is 0 Å². The molecule has 3 aromatic carbocycles. The number of nitrogens with zero attached hydrogens (tertiary/aromatic N) is 1. The number of benzene rings is 3. The average molecular weight is 405 g/mol. The summed E-state index contributed by atoms with van der Waals surface area (Å²) in [5, 5.41) is 2.97. The molecule has 0 radical (unpaired) electrons. The van der Waals surface area contributed by atoms with Gasteiger partial charge in [0.25, 0.3) is 0 Å². The number of carbonyl (C=O) groups is 1. The monoisotopic (exact) mass is 404 g/mol. The SMILES string of the molecule is Cc1cccc(NC(=O)N2CCS[C@@H]2c2ccccc2OCc2ccccc2)c1. The molecule has 1 atom stereocenters. The van der Waals surface area contributed by atoms with Gasteiger partial charge in [-0.15, -0.1) is 11.8 Å². The second-order valence-electron chi connectivity index (χ2n) is 7.03. The molecule has 3 aromatic rings. The van der Waals surface area contributed by atoms with Crippen molar-refractivity contribution in [2.45, 2.75) is 18.9 Å². The third-order valence-corrected chi connectivity index (χ3v) is 6.09. The molecule has 1 fully saturated rings. The molecule has 0 aliphatic carbocycles. The number of hydrogen-bond donors (Lipinski definition) is 1. The molecule has 5 heteroatoms. The van der Waals surface area contributed by atoms with Gasteiger partial charge >= 0.3 is 6.03 Å². The molecule has 0 bridgehead atoms. The summed E-state index contributed by atoms with van der Waals surface area (Å²) in [4.78, 5) is 14.8. The number of nitrogens with one attached hydrogen (secondary N) is 1. The van der Waals surface area contributed by atoms with E-state index in [-0.39, 0.29) is 11.4 Å². The number of aryl methyl sites for hydroxylation is 1. The molecule has 2 amide bonds. The number of ether oxygens (including phenoxy) is 1. The molecule has 4 nitrogen and oxygen atoms in total. The highest BCUT2D eigenvalue weighted by molar-refractivity contribution is 7.99. The van der Waals surface area contributed by atoms with Crippen molar-refractivity contribution in [1.29, 1.82) is 0 Å². The first-order valence-corrected chi connectivity index (χ1v) is 10.8. The fourth-order valence-electron chi connectivity index (χ4n) is 3.41. The second kappa shape index (κ2) is 9.05. The first kappa shape index (κ1) is 19.4. The van der Waals surface area contributed by atoms with Crippen molar-refractivity contribution < 1.29 is 9.53 Å². The smallest absolute Gasteiger partial charge is 0.323 e. The van der Waals surface area contributed by atoms with Crippen LogP contribution in [0.5, 0.6) is 5.75 Å². The van der Waals surface area contributed by atoms with Gasteiger partial charge in [0.15, 0.2) is 0 Å². The van der Waals surface area contributed by atoms with Gasteiger partial charge in [0.2, 0.25) is 0 Å². The number of thioether (sulfide) groups is 1. The van der Waals surface area contributed by atoms with Crippen molar-refractivity contribution in [2.24, 2.45) is 0 Å². The van der Waals surface area contributed by atoms with E-state index in [9.17, 15) is 4.79 Å². The highest BCUT2D eigenvalue weighted by Crippen LogP contribution is 2.42. The zero-order valence-corrected chi connectivity index (χ0v) is 17.2. The molecule has 0 saturated carbocycles. The quantitative estimate of drug-likeness (QED) is 0.580. The van der Waals surface area contributed by atoms with E-state index in [0.717, 1.165) is 33.9 Å². The van der Waals surface area contributed by atoms with Gasteiger partial charge in [0.1, 0.15) is 17.7 Å². The summed E-state index contributed by atoms with van der Waals surface area (Å²) in [5.74, 6) is 1.72. The molecular formula is C24H24N2O2S. The fraction of sp³-hybridized carbons (Fsp3) is 0.208. The van der Waals surface area contributed by atoms with Crippen LogP contribution >= 0.6 is 11.8 Å². The Kier molecular flexibility index (Phi) is 6.06. The number of amides is 2. The maximum atomic E-state index is 13.0. The Balaban J connectivity index is 1.50. The normalized spacial score (nSPS) is 15.9. The van der Waals surface area contributed by atoms with Crippen molar-refractivity contribution in [1.82, 2.24) is 4.90 Å². The Morgan fingerprint density at radius 1 is 1.07 bits per heavy atom. The van der Waals surface area contributed by atoms with Crippen molar-refractivity contribution >= 4 is 23.5 Å². The van der Waals surface area contributed by atoms with Crippen molar-refractivity contribution in [2.75, 3.05) is 17.6 Å². The molecule has 1 N–H and O–H groups in total. The summed E-state index contributed by atoms with van der Waals surface area (Å²) in [5.41, 5.74) is 4.09. The van der Waals surface area contributed by atoms with Gasteiger partial charge in [-0.2, -0.15) is 0 Å². The molecule has 1 heterocycles. The lowest BCUT2D eigenvalue weighted by molar-refractivity contribution is 0.213. The summed E-state index contributed by atoms with van der Waals surface area (Å²) < 4.78 is 6.13. The molecule has 148 valence electrons. The highest BCUT2D eigenvalue weighted by atomic mass is 32.2. The maximum absolute atomic E-state index is 13.0. The number of anilines is 1. The van der Waals surface area contributed by atoms with Crippen LogP contribution in [0.4, 0.5) is 10.5 Å². The third-order valence-electron chi connectivity index (χ3n) is 4.84. The Labute approximate surface area is 175 Å². The maximum Gasteiger partial charge on any atom is 0.323 e. The predicted octanol–water partition coefficient (Wildman–Crippen LogP) is 5.85. The minimum Gasteiger partial charge on any atom is -0.489 e. The standard InChI is InChI=1S/C24H24N2O2S/c1-18-8-7-11-20(16-18)25-24(27)26-14-15-29-23(26)21-12-5-6-13-22(21)28-17-19-9-3-2-4-10-19/h2-13,16,23H,14-15,17H2,1H3,(H,25,27)/t23-/m1/s1. The van der Waals surface area contributed by atoms with Gasteiger partial charge in [-0.3, -0.25) is 0 Å². The summed E-state index contributed by atoms with van der Waals surface area (Å²) in [6.45, 7) is 3.23. The Hall–Kier alpha value is -2.92. The molecule has 0 unspecified atom stereocenters. The molecule has 1 aliphatic rings. The minimum atomic E-state index is -0.0801. The first-order chi connectivity index (χ1) is 14.2. The third kappa shape index (κ3) is 4.74. The van der Waals surface area contributed by atoms with Crippen LogP contribution in [0, 0.1) is 6.92 Å². The lowest BCUT2D eigenvalue weighted by Crippen LogP contribution is -2.34. The van der Waals surface area contributed by atoms with E-state index < -0.39 is 0 Å². The molecule has 29 heavy (non-hydrogen) atoms.